The Hall–Kier alpha value is -2.83. The maximum atomic E-state index is 12.4. The fraction of sp³-hybridized carbons (Fsp3) is 0.316. The number of alkyl halides is 2. The van der Waals surface area contributed by atoms with Gasteiger partial charge >= 0.3 is 6.61 Å². The quantitative estimate of drug-likeness (QED) is 0.738. The van der Waals surface area contributed by atoms with Crippen LogP contribution in [0.5, 0.6) is 17.2 Å². The van der Waals surface area contributed by atoms with Gasteiger partial charge in [-0.3, -0.25) is 4.79 Å². The van der Waals surface area contributed by atoms with E-state index in [9.17, 15) is 13.6 Å². The number of benzene rings is 2. The summed E-state index contributed by atoms with van der Waals surface area (Å²) < 4.78 is 39.4. The molecule has 0 aromatic heterocycles. The first kappa shape index (κ1) is 19.5. The molecule has 0 aliphatic carbocycles. The summed E-state index contributed by atoms with van der Waals surface area (Å²) in [5.41, 5.74) is 1.66. The summed E-state index contributed by atoms with van der Waals surface area (Å²) in [6.07, 6.45) is 0.918. The molecule has 140 valence electrons. The van der Waals surface area contributed by atoms with Crippen molar-refractivity contribution in [3.05, 3.63) is 53.6 Å². The van der Waals surface area contributed by atoms with Gasteiger partial charge in [-0.1, -0.05) is 18.2 Å². The molecule has 0 aliphatic rings. The van der Waals surface area contributed by atoms with E-state index in [1.54, 1.807) is 13.2 Å². The maximum Gasteiger partial charge on any atom is 0.387 e. The van der Waals surface area contributed by atoms with E-state index in [0.717, 1.165) is 11.3 Å². The Balaban J connectivity index is 1.86. The molecule has 0 bridgehead atoms. The molecule has 0 radical (unpaired) electrons. The number of halogens is 2. The first-order valence-corrected chi connectivity index (χ1v) is 8.03. The molecule has 2 rings (SSSR count). The molecule has 0 aliphatic heterocycles. The molecule has 0 saturated carbocycles. The fourth-order valence-electron chi connectivity index (χ4n) is 2.36. The number of rotatable bonds is 9. The van der Waals surface area contributed by atoms with Crippen LogP contribution in [-0.2, 0) is 17.8 Å². The van der Waals surface area contributed by atoms with Crippen molar-refractivity contribution in [2.24, 2.45) is 0 Å². The number of carbonyl (C=O) groups is 1. The number of amides is 1. The van der Waals surface area contributed by atoms with Crippen molar-refractivity contribution < 1.29 is 27.8 Å². The van der Waals surface area contributed by atoms with Crippen molar-refractivity contribution in [3.8, 4) is 17.2 Å². The number of ether oxygens (including phenoxy) is 3. The van der Waals surface area contributed by atoms with Gasteiger partial charge in [0.25, 0.3) is 0 Å². The maximum absolute atomic E-state index is 12.4. The monoisotopic (exact) mass is 365 g/mol. The first-order chi connectivity index (χ1) is 12.5. The molecule has 5 nitrogen and oxygen atoms in total. The van der Waals surface area contributed by atoms with Gasteiger partial charge in [-0.25, -0.2) is 0 Å². The predicted molar refractivity (Wildman–Crippen MR) is 92.8 cm³/mol. The summed E-state index contributed by atoms with van der Waals surface area (Å²) in [6, 6.07) is 12.1. The summed E-state index contributed by atoms with van der Waals surface area (Å²) in [5.74, 6) is 0.778. The van der Waals surface area contributed by atoms with Gasteiger partial charge in [0.2, 0.25) is 5.91 Å². The van der Waals surface area contributed by atoms with Crippen LogP contribution >= 0.6 is 0 Å². The van der Waals surface area contributed by atoms with E-state index in [-0.39, 0.29) is 24.0 Å². The lowest BCUT2D eigenvalue weighted by atomic mass is 10.1. The molecule has 0 fully saturated rings. The molecular formula is C19H21F2NO4. The standard InChI is InChI=1S/C19H21F2NO4/c1-24-15-7-3-13(4-8-15)6-10-18(23)22-12-14-5-9-16(25-2)17(11-14)26-19(20)21/h3-5,7-9,11,19H,6,10,12H2,1-2H3,(H,22,23). The highest BCUT2D eigenvalue weighted by atomic mass is 19.3. The third kappa shape index (κ3) is 5.91. The van der Waals surface area contributed by atoms with Gasteiger partial charge in [0.1, 0.15) is 5.75 Å². The van der Waals surface area contributed by atoms with Crippen LogP contribution < -0.4 is 19.5 Å². The number of aryl methyl sites for hydroxylation is 1. The SMILES string of the molecule is COc1ccc(CCC(=O)NCc2ccc(OC)c(OC(F)F)c2)cc1. The lowest BCUT2D eigenvalue weighted by Crippen LogP contribution is -2.23. The number of hydrogen-bond acceptors (Lipinski definition) is 4. The van der Waals surface area contributed by atoms with Crippen molar-refractivity contribution in [1.82, 2.24) is 5.32 Å². The molecule has 2 aromatic rings. The Morgan fingerprint density at radius 3 is 2.31 bits per heavy atom. The van der Waals surface area contributed by atoms with Crippen molar-refractivity contribution in [2.75, 3.05) is 14.2 Å². The highest BCUT2D eigenvalue weighted by molar-refractivity contribution is 5.76. The van der Waals surface area contributed by atoms with Gasteiger partial charge in [0, 0.05) is 13.0 Å². The van der Waals surface area contributed by atoms with E-state index in [0.29, 0.717) is 18.4 Å². The lowest BCUT2D eigenvalue weighted by Gasteiger charge is -2.12. The van der Waals surface area contributed by atoms with E-state index in [4.69, 9.17) is 9.47 Å². The second kappa shape index (κ2) is 9.60. The average Bonchev–Trinajstić information content (AvgIpc) is 2.64. The van der Waals surface area contributed by atoms with Gasteiger partial charge in [-0.15, -0.1) is 0 Å². The lowest BCUT2D eigenvalue weighted by molar-refractivity contribution is -0.121. The Bertz CT molecular complexity index is 720. The number of nitrogens with one attached hydrogen (secondary N) is 1. The predicted octanol–water partition coefficient (Wildman–Crippen LogP) is 3.55. The summed E-state index contributed by atoms with van der Waals surface area (Å²) in [7, 11) is 2.97. The van der Waals surface area contributed by atoms with Crippen LogP contribution in [0.25, 0.3) is 0 Å². The zero-order valence-corrected chi connectivity index (χ0v) is 14.6. The second-order valence-corrected chi connectivity index (χ2v) is 5.49. The molecule has 0 heterocycles. The topological polar surface area (TPSA) is 56.8 Å². The van der Waals surface area contributed by atoms with Gasteiger partial charge in [-0.05, 0) is 41.8 Å². The minimum absolute atomic E-state index is 0.0625. The van der Waals surface area contributed by atoms with Crippen molar-refractivity contribution in [2.45, 2.75) is 26.0 Å². The van der Waals surface area contributed by atoms with Crippen LogP contribution in [0.3, 0.4) is 0 Å². The molecule has 0 saturated heterocycles. The average molecular weight is 365 g/mol. The molecule has 0 spiro atoms. The summed E-state index contributed by atoms with van der Waals surface area (Å²) in [4.78, 5) is 12.0. The van der Waals surface area contributed by atoms with E-state index < -0.39 is 6.61 Å². The molecule has 2 aromatic carbocycles. The van der Waals surface area contributed by atoms with Crippen LogP contribution in [0.15, 0.2) is 42.5 Å². The van der Waals surface area contributed by atoms with E-state index in [1.165, 1.54) is 19.2 Å². The fourth-order valence-corrected chi connectivity index (χ4v) is 2.36. The normalized spacial score (nSPS) is 10.5. The van der Waals surface area contributed by atoms with Crippen LogP contribution in [0, 0.1) is 0 Å². The molecule has 26 heavy (non-hydrogen) atoms. The minimum Gasteiger partial charge on any atom is -0.497 e. The van der Waals surface area contributed by atoms with Crippen molar-refractivity contribution >= 4 is 5.91 Å². The number of methoxy groups -OCH3 is 2. The Labute approximate surface area is 150 Å². The van der Waals surface area contributed by atoms with E-state index in [2.05, 4.69) is 10.1 Å². The molecule has 1 N–H and O–H groups in total. The van der Waals surface area contributed by atoms with E-state index in [1.807, 2.05) is 24.3 Å². The molecule has 0 atom stereocenters. The second-order valence-electron chi connectivity index (χ2n) is 5.49. The van der Waals surface area contributed by atoms with E-state index >= 15 is 0 Å². The number of carbonyl (C=O) groups excluding carboxylic acids is 1. The Kier molecular flexibility index (Phi) is 7.20. The zero-order chi connectivity index (χ0) is 18.9. The summed E-state index contributed by atoms with van der Waals surface area (Å²) in [5, 5.41) is 2.76. The van der Waals surface area contributed by atoms with Crippen molar-refractivity contribution in [3.63, 3.8) is 0 Å². The Morgan fingerprint density at radius 2 is 1.69 bits per heavy atom. The molecule has 1 amide bonds. The molecule has 0 unspecified atom stereocenters. The van der Waals surface area contributed by atoms with Gasteiger partial charge in [-0.2, -0.15) is 8.78 Å². The van der Waals surface area contributed by atoms with Crippen LogP contribution in [-0.4, -0.2) is 26.7 Å². The van der Waals surface area contributed by atoms with Crippen LogP contribution in [0.2, 0.25) is 0 Å². The largest absolute Gasteiger partial charge is 0.497 e. The highest BCUT2D eigenvalue weighted by Gasteiger charge is 2.12. The Morgan fingerprint density at radius 1 is 1.00 bits per heavy atom. The summed E-state index contributed by atoms with van der Waals surface area (Å²) in [6.45, 7) is -2.73. The van der Waals surface area contributed by atoms with Gasteiger partial charge in [0.15, 0.2) is 11.5 Å². The van der Waals surface area contributed by atoms with Crippen LogP contribution in [0.4, 0.5) is 8.78 Å². The zero-order valence-electron chi connectivity index (χ0n) is 14.6. The first-order valence-electron chi connectivity index (χ1n) is 8.03. The van der Waals surface area contributed by atoms with Gasteiger partial charge < -0.3 is 19.5 Å². The van der Waals surface area contributed by atoms with Gasteiger partial charge in [0.05, 0.1) is 14.2 Å². The third-order valence-corrected chi connectivity index (χ3v) is 3.73. The summed E-state index contributed by atoms with van der Waals surface area (Å²) >= 11 is 0. The molecule has 7 heteroatoms. The smallest absolute Gasteiger partial charge is 0.387 e. The highest BCUT2D eigenvalue weighted by Crippen LogP contribution is 2.29. The third-order valence-electron chi connectivity index (χ3n) is 3.73. The van der Waals surface area contributed by atoms with Crippen LogP contribution in [0.1, 0.15) is 17.5 Å². The molecular weight excluding hydrogens is 344 g/mol. The number of hydrogen-bond donors (Lipinski definition) is 1. The minimum atomic E-state index is -2.95. The van der Waals surface area contributed by atoms with Crippen molar-refractivity contribution in [1.29, 1.82) is 0 Å².